The van der Waals surface area contributed by atoms with Crippen LogP contribution in [-0.2, 0) is 22.7 Å². The van der Waals surface area contributed by atoms with E-state index in [2.05, 4.69) is 220 Å². The normalized spacial score (nSPS) is 15.8. The van der Waals surface area contributed by atoms with Gasteiger partial charge in [0, 0.05) is 54.8 Å². The highest BCUT2D eigenvalue weighted by atomic mass is 16.3. The molecule has 70 heavy (non-hydrogen) atoms. The molecule has 0 bridgehead atoms. The molecule has 0 aliphatic heterocycles. The molecule has 0 amide bonds. The van der Waals surface area contributed by atoms with Crippen molar-refractivity contribution in [2.75, 3.05) is 0 Å². The second kappa shape index (κ2) is 14.1. The first-order valence-electron chi connectivity index (χ1n) is 25.3. The number of hydrogen-bond acceptors (Lipinski definition) is 2. The molecule has 1 atom stereocenters. The Morgan fingerprint density at radius 2 is 0.957 bits per heavy atom. The molecule has 2 heteroatoms. The molecule has 2 nitrogen and oxygen atoms in total. The van der Waals surface area contributed by atoms with Crippen LogP contribution >= 0.6 is 0 Å². The molecule has 2 aromatic heterocycles. The summed E-state index contributed by atoms with van der Waals surface area (Å²) >= 11 is 0. The summed E-state index contributed by atoms with van der Waals surface area (Å²) in [6.45, 7) is 21.4. The van der Waals surface area contributed by atoms with Crippen molar-refractivity contribution in [3.63, 3.8) is 0 Å². The molecule has 14 rings (SSSR count). The van der Waals surface area contributed by atoms with E-state index in [0.29, 0.717) is 0 Å². The second-order valence-corrected chi connectivity index (χ2v) is 22.5. The number of para-hydroxylation sites is 2. The molecule has 1 unspecified atom stereocenters. The van der Waals surface area contributed by atoms with Gasteiger partial charge >= 0.3 is 0 Å². The molecular formula is C68H56O2. The highest BCUT2D eigenvalue weighted by Crippen LogP contribution is 2.63. The minimum absolute atomic E-state index is 0.128. The third-order valence-corrected chi connectivity index (χ3v) is 17.2. The van der Waals surface area contributed by atoms with Crippen molar-refractivity contribution in [1.29, 1.82) is 0 Å². The number of hydrogen-bond donors (Lipinski definition) is 0. The molecule has 2 heterocycles. The van der Waals surface area contributed by atoms with E-state index in [0.717, 1.165) is 28.8 Å². The molecule has 0 saturated heterocycles. The lowest BCUT2D eigenvalue weighted by molar-refractivity contribution is 0.599. The van der Waals surface area contributed by atoms with E-state index < -0.39 is 0 Å². The van der Waals surface area contributed by atoms with Crippen molar-refractivity contribution in [2.45, 2.75) is 90.9 Å². The van der Waals surface area contributed by atoms with Crippen molar-refractivity contribution in [2.24, 2.45) is 0 Å². The fourth-order valence-corrected chi connectivity index (χ4v) is 14.0. The largest absolute Gasteiger partial charge is 0.455 e. The van der Waals surface area contributed by atoms with E-state index in [4.69, 9.17) is 8.83 Å². The highest BCUT2D eigenvalue weighted by Gasteiger charge is 2.49. The van der Waals surface area contributed by atoms with Crippen LogP contribution in [0.15, 0.2) is 167 Å². The lowest BCUT2D eigenvalue weighted by Gasteiger charge is -2.31. The summed E-state index contributed by atoms with van der Waals surface area (Å²) in [4.78, 5) is 0. The maximum Gasteiger partial charge on any atom is 0.144 e. The number of aryl methyl sites for hydroxylation is 3. The van der Waals surface area contributed by atoms with Crippen molar-refractivity contribution in [3.8, 4) is 44.5 Å². The van der Waals surface area contributed by atoms with E-state index >= 15 is 0 Å². The summed E-state index contributed by atoms with van der Waals surface area (Å²) in [7, 11) is 0. The number of benzene rings is 9. The first-order chi connectivity index (χ1) is 33.7. The Balaban J connectivity index is 0.940. The zero-order chi connectivity index (χ0) is 47.7. The van der Waals surface area contributed by atoms with Crippen molar-refractivity contribution in [1.82, 2.24) is 0 Å². The lowest BCUT2D eigenvalue weighted by Crippen LogP contribution is -2.24. The monoisotopic (exact) mass is 904 g/mol. The van der Waals surface area contributed by atoms with Crippen LogP contribution in [0.3, 0.4) is 0 Å². The number of furan rings is 2. The highest BCUT2D eigenvalue weighted by molar-refractivity contribution is 6.21. The van der Waals surface area contributed by atoms with Crippen LogP contribution < -0.4 is 0 Å². The van der Waals surface area contributed by atoms with Crippen LogP contribution in [0.4, 0.5) is 0 Å². The number of rotatable bonds is 5. The predicted molar refractivity (Wildman–Crippen MR) is 292 cm³/mol. The topological polar surface area (TPSA) is 26.3 Å². The summed E-state index contributed by atoms with van der Waals surface area (Å²) in [5.74, 6) is 0.128. The van der Waals surface area contributed by atoms with Crippen LogP contribution in [-0.4, -0.2) is 0 Å². The quantitative estimate of drug-likeness (QED) is 0.172. The van der Waals surface area contributed by atoms with Gasteiger partial charge in [-0.3, -0.25) is 0 Å². The van der Waals surface area contributed by atoms with Gasteiger partial charge in [0.2, 0.25) is 0 Å². The Morgan fingerprint density at radius 1 is 0.400 bits per heavy atom. The summed E-state index contributed by atoms with van der Waals surface area (Å²) in [6.07, 6.45) is 0.874. The Hall–Kier alpha value is -7.42. The third-order valence-electron chi connectivity index (χ3n) is 17.2. The van der Waals surface area contributed by atoms with Gasteiger partial charge in [-0.15, -0.1) is 0 Å². The van der Waals surface area contributed by atoms with E-state index in [1.807, 2.05) is 0 Å². The zero-order valence-corrected chi connectivity index (χ0v) is 41.6. The van der Waals surface area contributed by atoms with E-state index in [1.54, 1.807) is 0 Å². The smallest absolute Gasteiger partial charge is 0.144 e. The van der Waals surface area contributed by atoms with E-state index in [-0.39, 0.29) is 22.2 Å². The average molecular weight is 905 g/mol. The average Bonchev–Trinajstić information content (AvgIpc) is 4.10. The van der Waals surface area contributed by atoms with Crippen LogP contribution in [0.2, 0.25) is 0 Å². The van der Waals surface area contributed by atoms with Gasteiger partial charge in [-0.1, -0.05) is 192 Å². The molecule has 11 aromatic rings. The van der Waals surface area contributed by atoms with Gasteiger partial charge in [-0.2, -0.15) is 0 Å². The van der Waals surface area contributed by atoms with Crippen LogP contribution in [0.1, 0.15) is 114 Å². The molecule has 9 aromatic carbocycles. The predicted octanol–water partition coefficient (Wildman–Crippen LogP) is 18.4. The summed E-state index contributed by atoms with van der Waals surface area (Å²) in [5.41, 5.74) is 29.7. The van der Waals surface area contributed by atoms with E-state index in [9.17, 15) is 0 Å². The first kappa shape index (κ1) is 41.5. The molecular weight excluding hydrogens is 849 g/mol. The maximum atomic E-state index is 7.05. The third kappa shape index (κ3) is 5.45. The van der Waals surface area contributed by atoms with Crippen molar-refractivity contribution < 1.29 is 8.83 Å². The SMILES string of the molecule is Cc1cc(C)cc(C(Cc2ccc3c(c2)C(C)(C)c2cc(-c4ccccc4C)c4oc5ccccc5c4c2-3)c2ccc3c(c2)C(C)(C)c2c4c(c5c(oc6ccccc65)c2-3)-c2ccccc2C4(C)C)c1. The van der Waals surface area contributed by atoms with Crippen LogP contribution in [0.5, 0.6) is 0 Å². The molecule has 3 aliphatic rings. The maximum absolute atomic E-state index is 7.05. The minimum atomic E-state index is -0.284. The molecule has 340 valence electrons. The van der Waals surface area contributed by atoms with Gasteiger partial charge in [0.1, 0.15) is 22.3 Å². The van der Waals surface area contributed by atoms with Crippen molar-refractivity contribution in [3.05, 3.63) is 224 Å². The summed E-state index contributed by atoms with van der Waals surface area (Å²) < 4.78 is 13.9. The van der Waals surface area contributed by atoms with Gasteiger partial charge in [0.15, 0.2) is 0 Å². The summed E-state index contributed by atoms with van der Waals surface area (Å²) in [5, 5.41) is 4.83. The molecule has 0 saturated carbocycles. The van der Waals surface area contributed by atoms with Gasteiger partial charge < -0.3 is 8.83 Å². The van der Waals surface area contributed by atoms with Gasteiger partial charge in [0.05, 0.1) is 0 Å². The Kier molecular flexibility index (Phi) is 8.37. The van der Waals surface area contributed by atoms with Gasteiger partial charge in [-0.25, -0.2) is 0 Å². The van der Waals surface area contributed by atoms with Crippen LogP contribution in [0, 0.1) is 20.8 Å². The molecule has 0 spiro atoms. The van der Waals surface area contributed by atoms with Gasteiger partial charge in [0.25, 0.3) is 0 Å². The van der Waals surface area contributed by atoms with Crippen molar-refractivity contribution >= 4 is 43.9 Å². The Bertz CT molecular complexity index is 4080. The fourth-order valence-electron chi connectivity index (χ4n) is 14.0. The van der Waals surface area contributed by atoms with Crippen LogP contribution in [0.25, 0.3) is 88.4 Å². The summed E-state index contributed by atoms with van der Waals surface area (Å²) in [6, 6.07) is 59.5. The van der Waals surface area contributed by atoms with E-state index in [1.165, 1.54) is 133 Å². The standard InChI is InChI=1S/C68H56O2/c1-37-30-38(2)32-42(31-37)49(33-40-26-28-45-52(34-40)66(4,5)54-36-50(43-19-11-10-18-39(43)3)64-59(57(45)54)47-21-13-16-24-55(47)69-64)41-27-29-46-53(35-41)68(8,9)63-61(46)65-60(48-22-14-17-25-56(48)70-65)58-44-20-12-15-23-51(44)67(6,7)62(58)63/h10-32,34-36,49H,33H2,1-9H3. The second-order valence-electron chi connectivity index (χ2n) is 22.5. The molecule has 0 radical (unpaired) electrons. The Labute approximate surface area is 410 Å². The first-order valence-corrected chi connectivity index (χ1v) is 25.3. The number of fused-ring (bicyclic) bond motifs is 19. The molecule has 0 N–H and O–H groups in total. The van der Waals surface area contributed by atoms with Gasteiger partial charge in [-0.05, 0) is 134 Å². The molecule has 3 aliphatic carbocycles. The zero-order valence-electron chi connectivity index (χ0n) is 41.6. The molecule has 0 fully saturated rings. The lowest BCUT2D eigenvalue weighted by atomic mass is 9.71. The Morgan fingerprint density at radius 3 is 1.69 bits per heavy atom. The fraction of sp³-hybridized carbons (Fsp3) is 0.206. The minimum Gasteiger partial charge on any atom is -0.455 e.